The third-order valence-electron chi connectivity index (χ3n) is 3.18. The summed E-state index contributed by atoms with van der Waals surface area (Å²) >= 11 is -0.213. The van der Waals surface area contributed by atoms with Crippen molar-refractivity contribution in [2.75, 3.05) is 13.7 Å². The molecular weight excluding hydrogens is 391 g/mol. The van der Waals surface area contributed by atoms with E-state index in [1.54, 1.807) is 0 Å². The third kappa shape index (κ3) is 4.47. The molecule has 4 heteroatoms. The van der Waals surface area contributed by atoms with Crippen molar-refractivity contribution in [1.82, 2.24) is 0 Å². The molecule has 0 radical (unpaired) electrons. The van der Waals surface area contributed by atoms with E-state index in [2.05, 4.69) is 49.8 Å². The molecule has 2 rings (SSSR count). The summed E-state index contributed by atoms with van der Waals surface area (Å²) in [5.41, 5.74) is 4.06. The van der Waals surface area contributed by atoms with Gasteiger partial charge in [-0.3, -0.25) is 0 Å². The van der Waals surface area contributed by atoms with Crippen molar-refractivity contribution in [3.63, 3.8) is 0 Å². The Bertz CT molecular complexity index is 640. The standard InChI is InChI=1S/C18H20IO3/c1-12-9-13(2)18(14(3)10-12)19-15-5-7-16(8-6-15)22-11-17(20)21-4/h5-10H,11H2,1-4H3/q-1. The molecule has 0 fully saturated rings. The number of hydrogen-bond acceptors (Lipinski definition) is 3. The summed E-state index contributed by atoms with van der Waals surface area (Å²) in [6.45, 7) is 6.45. The molecule has 2 aromatic carbocycles. The predicted molar refractivity (Wildman–Crippen MR) is 82.0 cm³/mol. The van der Waals surface area contributed by atoms with Gasteiger partial charge in [-0.2, -0.15) is 0 Å². The summed E-state index contributed by atoms with van der Waals surface area (Å²) in [7, 11) is 1.35. The molecule has 0 aliphatic carbocycles. The van der Waals surface area contributed by atoms with Gasteiger partial charge in [0.2, 0.25) is 0 Å². The maximum absolute atomic E-state index is 11.1. The second-order valence-electron chi connectivity index (χ2n) is 5.13. The molecule has 0 spiro atoms. The molecule has 0 aliphatic heterocycles. The van der Waals surface area contributed by atoms with Gasteiger partial charge in [-0.1, -0.05) is 0 Å². The van der Waals surface area contributed by atoms with Crippen molar-refractivity contribution in [3.05, 3.63) is 60.2 Å². The molecule has 0 amide bonds. The second kappa shape index (κ2) is 7.63. The number of halogens is 1. The molecule has 118 valence electrons. The Balaban J connectivity index is 2.07. The quantitative estimate of drug-likeness (QED) is 0.525. The molecule has 2 aromatic rings. The monoisotopic (exact) mass is 411 g/mol. The van der Waals surface area contributed by atoms with Gasteiger partial charge in [0, 0.05) is 0 Å². The number of ether oxygens (including phenoxy) is 2. The average molecular weight is 411 g/mol. The van der Waals surface area contributed by atoms with E-state index in [0.29, 0.717) is 5.75 Å². The summed E-state index contributed by atoms with van der Waals surface area (Å²) in [5, 5.41) is 0. The summed E-state index contributed by atoms with van der Waals surface area (Å²) in [6, 6.07) is 12.5. The van der Waals surface area contributed by atoms with Crippen molar-refractivity contribution in [3.8, 4) is 5.75 Å². The fourth-order valence-electron chi connectivity index (χ4n) is 2.22. The molecule has 0 saturated carbocycles. The van der Waals surface area contributed by atoms with Gasteiger partial charge in [0.15, 0.2) is 0 Å². The van der Waals surface area contributed by atoms with Crippen LogP contribution < -0.4 is 25.9 Å². The van der Waals surface area contributed by atoms with Gasteiger partial charge < -0.3 is 0 Å². The molecular formula is C18H20IO3-. The van der Waals surface area contributed by atoms with Crippen molar-refractivity contribution in [1.29, 1.82) is 0 Å². The Kier molecular flexibility index (Phi) is 5.83. The van der Waals surface area contributed by atoms with Crippen LogP contribution in [0, 0.1) is 27.9 Å². The molecule has 0 aromatic heterocycles. The zero-order valence-corrected chi connectivity index (χ0v) is 15.4. The van der Waals surface area contributed by atoms with Crippen LogP contribution in [-0.2, 0) is 9.53 Å². The van der Waals surface area contributed by atoms with Crippen LogP contribution in [0.25, 0.3) is 0 Å². The van der Waals surface area contributed by atoms with Crippen LogP contribution >= 0.6 is 0 Å². The van der Waals surface area contributed by atoms with E-state index in [9.17, 15) is 4.79 Å². The Hall–Kier alpha value is -1.56. The van der Waals surface area contributed by atoms with Crippen molar-refractivity contribution in [2.45, 2.75) is 20.8 Å². The van der Waals surface area contributed by atoms with E-state index in [-0.39, 0.29) is 33.8 Å². The molecule has 3 nitrogen and oxygen atoms in total. The summed E-state index contributed by atoms with van der Waals surface area (Å²) in [5.74, 6) is 0.318. The minimum atomic E-state index is -0.373. The van der Waals surface area contributed by atoms with Crippen LogP contribution in [0.1, 0.15) is 16.7 Å². The predicted octanol–water partition coefficient (Wildman–Crippen LogP) is 0.292. The van der Waals surface area contributed by atoms with Crippen LogP contribution in [0.3, 0.4) is 0 Å². The van der Waals surface area contributed by atoms with Gasteiger partial charge in [-0.05, 0) is 0 Å². The molecule has 22 heavy (non-hydrogen) atoms. The van der Waals surface area contributed by atoms with E-state index in [4.69, 9.17) is 4.74 Å². The number of hydrogen-bond donors (Lipinski definition) is 0. The maximum atomic E-state index is 11.1. The van der Waals surface area contributed by atoms with Crippen molar-refractivity contribution < 1.29 is 35.5 Å². The van der Waals surface area contributed by atoms with E-state index in [1.165, 1.54) is 30.9 Å². The van der Waals surface area contributed by atoms with Gasteiger partial charge in [0.1, 0.15) is 0 Å². The Morgan fingerprint density at radius 3 is 2.18 bits per heavy atom. The molecule has 0 aliphatic rings. The first-order valence-corrected chi connectivity index (χ1v) is 9.17. The summed E-state index contributed by atoms with van der Waals surface area (Å²) in [6.07, 6.45) is 0. The van der Waals surface area contributed by atoms with Crippen LogP contribution in [0.15, 0.2) is 36.4 Å². The zero-order valence-electron chi connectivity index (χ0n) is 13.3. The Labute approximate surface area is 141 Å². The Morgan fingerprint density at radius 2 is 1.64 bits per heavy atom. The first-order valence-electron chi connectivity index (χ1n) is 7.02. The van der Waals surface area contributed by atoms with Gasteiger partial charge in [-0.15, -0.1) is 0 Å². The van der Waals surface area contributed by atoms with Gasteiger partial charge in [0.25, 0.3) is 0 Å². The van der Waals surface area contributed by atoms with Gasteiger partial charge in [-0.25, -0.2) is 0 Å². The number of rotatable bonds is 5. The molecule has 0 saturated heterocycles. The number of carbonyl (C=O) groups excluding carboxylic acids is 1. The molecule has 0 unspecified atom stereocenters. The molecule has 0 atom stereocenters. The van der Waals surface area contributed by atoms with Crippen molar-refractivity contribution >= 4 is 5.97 Å². The first-order chi connectivity index (χ1) is 10.5. The number of methoxy groups -OCH3 is 1. The topological polar surface area (TPSA) is 35.5 Å². The first kappa shape index (κ1) is 16.8. The minimum absolute atomic E-state index is 0.0545. The third-order valence-corrected chi connectivity index (χ3v) is 6.77. The van der Waals surface area contributed by atoms with Crippen molar-refractivity contribution in [2.24, 2.45) is 0 Å². The Morgan fingerprint density at radius 1 is 1.05 bits per heavy atom. The number of benzene rings is 2. The van der Waals surface area contributed by atoms with E-state index >= 15 is 0 Å². The number of esters is 1. The molecule has 0 N–H and O–H groups in total. The van der Waals surface area contributed by atoms with Gasteiger partial charge in [0.05, 0.1) is 0 Å². The van der Waals surface area contributed by atoms with E-state index in [0.717, 1.165) is 0 Å². The van der Waals surface area contributed by atoms with E-state index in [1.807, 2.05) is 12.1 Å². The number of aryl methyl sites for hydroxylation is 3. The normalized spacial score (nSPS) is 10.5. The van der Waals surface area contributed by atoms with Crippen LogP contribution in [0.5, 0.6) is 5.75 Å². The fourth-order valence-corrected chi connectivity index (χ4v) is 4.72. The number of carbonyl (C=O) groups is 1. The van der Waals surface area contributed by atoms with Crippen LogP contribution in [0.4, 0.5) is 0 Å². The second-order valence-corrected chi connectivity index (χ2v) is 7.99. The molecule has 0 bridgehead atoms. The van der Waals surface area contributed by atoms with Crippen LogP contribution in [-0.4, -0.2) is 19.7 Å². The van der Waals surface area contributed by atoms with E-state index < -0.39 is 0 Å². The summed E-state index contributed by atoms with van der Waals surface area (Å²) in [4.78, 5) is 11.1. The average Bonchev–Trinajstić information content (AvgIpc) is 2.49. The summed E-state index contributed by atoms with van der Waals surface area (Å²) < 4.78 is 12.7. The van der Waals surface area contributed by atoms with Crippen LogP contribution in [0.2, 0.25) is 0 Å². The van der Waals surface area contributed by atoms with Gasteiger partial charge >= 0.3 is 142 Å². The molecule has 0 heterocycles. The zero-order chi connectivity index (χ0) is 16.1. The SMILES string of the molecule is COC(=O)COc1ccc([I-]c2c(C)cc(C)cc2C)cc1. The fraction of sp³-hybridized carbons (Fsp3) is 0.278.